The van der Waals surface area contributed by atoms with Crippen LogP contribution in [0.4, 0.5) is 0 Å². The van der Waals surface area contributed by atoms with Crippen LogP contribution in [-0.4, -0.2) is 26.9 Å². The monoisotopic (exact) mass is 246 g/mol. The van der Waals surface area contributed by atoms with E-state index in [4.69, 9.17) is 10.0 Å². The molecule has 6 heteroatoms. The number of halogens is 1. The fourth-order valence-corrected chi connectivity index (χ4v) is 1.36. The van der Waals surface area contributed by atoms with E-state index in [0.29, 0.717) is 10.1 Å². The average molecular weight is 247 g/mol. The zero-order valence-electron chi connectivity index (χ0n) is 7.82. The lowest BCUT2D eigenvalue weighted by Crippen LogP contribution is -2.30. The number of aromatic nitrogens is 2. The summed E-state index contributed by atoms with van der Waals surface area (Å²) in [5.41, 5.74) is 0.227. The van der Waals surface area contributed by atoms with Crippen LogP contribution in [0.15, 0.2) is 10.8 Å². The molecule has 1 aromatic rings. The Labute approximate surface area is 85.8 Å². The maximum atomic E-state index is 8.96. The molecule has 0 bridgehead atoms. The van der Waals surface area contributed by atoms with Crippen LogP contribution < -0.4 is 5.46 Å². The first-order valence-electron chi connectivity index (χ1n) is 3.94. The molecule has 0 aliphatic rings. The summed E-state index contributed by atoms with van der Waals surface area (Å²) in [4.78, 5) is 0. The maximum absolute atomic E-state index is 8.96. The summed E-state index contributed by atoms with van der Waals surface area (Å²) in [5, 5.41) is 22.0. The molecule has 0 amide bonds. The zero-order valence-corrected chi connectivity index (χ0v) is 9.41. The van der Waals surface area contributed by atoms with E-state index in [1.807, 2.05) is 20.8 Å². The normalized spacial score (nSPS) is 11.8. The van der Waals surface area contributed by atoms with Crippen molar-refractivity contribution in [3.05, 3.63) is 10.8 Å². The predicted molar refractivity (Wildman–Crippen MR) is 54.7 cm³/mol. The van der Waals surface area contributed by atoms with Crippen molar-refractivity contribution in [3.8, 4) is 0 Å². The molecule has 0 aromatic carbocycles. The summed E-state index contributed by atoms with van der Waals surface area (Å²) in [6.45, 7) is 5.96. The van der Waals surface area contributed by atoms with E-state index in [-0.39, 0.29) is 5.54 Å². The molecule has 1 rings (SSSR count). The lowest BCUT2D eigenvalue weighted by molar-refractivity contribution is 0.354. The highest BCUT2D eigenvalue weighted by molar-refractivity contribution is 9.10. The van der Waals surface area contributed by atoms with Gasteiger partial charge in [0.25, 0.3) is 0 Å². The summed E-state index contributed by atoms with van der Waals surface area (Å²) in [6, 6.07) is 0. The zero-order chi connectivity index (χ0) is 10.2. The van der Waals surface area contributed by atoms with Crippen LogP contribution in [0.1, 0.15) is 20.8 Å². The second-order valence-corrected chi connectivity index (χ2v) is 4.62. The number of nitrogens with zero attached hydrogens (tertiary/aromatic N) is 2. The van der Waals surface area contributed by atoms with Gasteiger partial charge >= 0.3 is 7.12 Å². The van der Waals surface area contributed by atoms with Gasteiger partial charge in [0.15, 0.2) is 0 Å². The molecule has 0 saturated carbocycles. The van der Waals surface area contributed by atoms with Crippen molar-refractivity contribution >= 4 is 28.5 Å². The lowest BCUT2D eigenvalue weighted by atomic mass is 9.83. The molecule has 0 atom stereocenters. The van der Waals surface area contributed by atoms with Gasteiger partial charge in [-0.3, -0.25) is 4.68 Å². The van der Waals surface area contributed by atoms with Crippen molar-refractivity contribution in [2.45, 2.75) is 26.3 Å². The van der Waals surface area contributed by atoms with E-state index in [1.165, 1.54) is 0 Å². The van der Waals surface area contributed by atoms with Crippen molar-refractivity contribution in [1.82, 2.24) is 9.78 Å². The molecule has 0 spiro atoms. The van der Waals surface area contributed by atoms with Crippen molar-refractivity contribution < 1.29 is 10.0 Å². The molecule has 72 valence electrons. The topological polar surface area (TPSA) is 58.3 Å². The van der Waals surface area contributed by atoms with Gasteiger partial charge in [-0.05, 0) is 36.7 Å². The fraction of sp³-hybridized carbons (Fsp3) is 0.571. The van der Waals surface area contributed by atoms with Gasteiger partial charge in [0, 0.05) is 11.7 Å². The summed E-state index contributed by atoms with van der Waals surface area (Å²) in [6.07, 6.45) is 1.62. The highest BCUT2D eigenvalue weighted by atomic mass is 79.9. The molecule has 4 nitrogen and oxygen atoms in total. The van der Waals surface area contributed by atoms with E-state index < -0.39 is 7.12 Å². The van der Waals surface area contributed by atoms with Crippen LogP contribution in [-0.2, 0) is 5.54 Å². The van der Waals surface area contributed by atoms with Gasteiger partial charge in [-0.25, -0.2) is 0 Å². The Bertz CT molecular complexity index is 306. The molecule has 13 heavy (non-hydrogen) atoms. The Kier molecular flexibility index (Phi) is 2.84. The average Bonchev–Trinajstić information content (AvgIpc) is 2.29. The number of rotatable bonds is 1. The van der Waals surface area contributed by atoms with E-state index >= 15 is 0 Å². The molecule has 0 aliphatic carbocycles. The molecular weight excluding hydrogens is 235 g/mol. The SMILES string of the molecule is CC(C)(C)n1cc(B(O)O)c(Br)n1. The fourth-order valence-electron chi connectivity index (χ4n) is 0.883. The summed E-state index contributed by atoms with van der Waals surface area (Å²) >= 11 is 3.16. The second kappa shape index (κ2) is 3.44. The molecule has 0 aliphatic heterocycles. The minimum Gasteiger partial charge on any atom is -0.423 e. The molecule has 0 unspecified atom stereocenters. The van der Waals surface area contributed by atoms with Crippen LogP contribution in [0.2, 0.25) is 0 Å². The Balaban J connectivity index is 3.10. The molecule has 0 radical (unpaired) electrons. The third-order valence-corrected chi connectivity index (χ3v) is 2.28. The van der Waals surface area contributed by atoms with E-state index in [2.05, 4.69) is 21.0 Å². The summed E-state index contributed by atoms with van der Waals surface area (Å²) in [7, 11) is -1.48. The molecule has 1 aromatic heterocycles. The summed E-state index contributed by atoms with van der Waals surface area (Å²) < 4.78 is 2.16. The molecule has 2 N–H and O–H groups in total. The predicted octanol–water partition coefficient (Wildman–Crippen LogP) is 0.0804. The lowest BCUT2D eigenvalue weighted by Gasteiger charge is -2.18. The van der Waals surface area contributed by atoms with Gasteiger partial charge in [0.2, 0.25) is 0 Å². The van der Waals surface area contributed by atoms with Crippen LogP contribution in [0.3, 0.4) is 0 Å². The number of hydrogen-bond acceptors (Lipinski definition) is 3. The van der Waals surface area contributed by atoms with Gasteiger partial charge in [-0.15, -0.1) is 0 Å². The molecule has 0 saturated heterocycles. The Morgan fingerprint density at radius 3 is 2.23 bits per heavy atom. The Hall–Kier alpha value is -0.325. The van der Waals surface area contributed by atoms with Gasteiger partial charge in [0.05, 0.1) is 5.54 Å². The molecular formula is C7H12BBrN2O2. The van der Waals surface area contributed by atoms with Crippen molar-refractivity contribution in [2.75, 3.05) is 0 Å². The summed E-state index contributed by atoms with van der Waals surface area (Å²) in [5.74, 6) is 0. The molecule has 1 heterocycles. The smallest absolute Gasteiger partial charge is 0.423 e. The highest BCUT2D eigenvalue weighted by Crippen LogP contribution is 2.14. The quantitative estimate of drug-likeness (QED) is 0.691. The van der Waals surface area contributed by atoms with Crippen LogP contribution in [0.25, 0.3) is 0 Å². The maximum Gasteiger partial charge on any atom is 0.492 e. The Morgan fingerprint density at radius 1 is 1.46 bits per heavy atom. The number of hydrogen-bond donors (Lipinski definition) is 2. The van der Waals surface area contributed by atoms with Gasteiger partial charge in [-0.2, -0.15) is 5.10 Å². The van der Waals surface area contributed by atoms with Crippen molar-refractivity contribution in [3.63, 3.8) is 0 Å². The first-order valence-corrected chi connectivity index (χ1v) is 4.73. The van der Waals surface area contributed by atoms with Gasteiger partial charge < -0.3 is 10.0 Å². The van der Waals surface area contributed by atoms with E-state index in [0.717, 1.165) is 0 Å². The first kappa shape index (κ1) is 10.8. The van der Waals surface area contributed by atoms with Crippen LogP contribution in [0.5, 0.6) is 0 Å². The first-order chi connectivity index (χ1) is 5.82. The standard InChI is InChI=1S/C7H12BBrN2O2/c1-7(2,3)11-4-5(8(12)13)6(9)10-11/h4,12-13H,1-3H3. The van der Waals surface area contributed by atoms with E-state index in [9.17, 15) is 0 Å². The van der Waals surface area contributed by atoms with Crippen LogP contribution >= 0.6 is 15.9 Å². The second-order valence-electron chi connectivity index (χ2n) is 3.86. The highest BCUT2D eigenvalue weighted by Gasteiger charge is 2.22. The largest absolute Gasteiger partial charge is 0.492 e. The molecule has 0 fully saturated rings. The third kappa shape index (κ3) is 2.33. The minimum absolute atomic E-state index is 0.157. The Morgan fingerprint density at radius 2 is 2.00 bits per heavy atom. The van der Waals surface area contributed by atoms with Gasteiger partial charge in [0.1, 0.15) is 4.60 Å². The van der Waals surface area contributed by atoms with Crippen LogP contribution in [0, 0.1) is 0 Å². The third-order valence-electron chi connectivity index (χ3n) is 1.66. The van der Waals surface area contributed by atoms with Crippen molar-refractivity contribution in [2.24, 2.45) is 0 Å². The van der Waals surface area contributed by atoms with E-state index in [1.54, 1.807) is 10.9 Å². The van der Waals surface area contributed by atoms with Gasteiger partial charge in [-0.1, -0.05) is 0 Å². The minimum atomic E-state index is -1.48. The van der Waals surface area contributed by atoms with Crippen molar-refractivity contribution in [1.29, 1.82) is 0 Å².